The molecular weight excluding hydrogens is 328 g/mol. The fourth-order valence-corrected chi connectivity index (χ4v) is 2.54. The smallest absolute Gasteiger partial charge is 0.274 e. The number of amides is 1. The Morgan fingerprint density at radius 3 is 2.58 bits per heavy atom. The number of aryl methyl sites for hydroxylation is 1. The molecule has 0 saturated heterocycles. The van der Waals surface area contributed by atoms with Gasteiger partial charge in [-0.1, -0.05) is 24.3 Å². The number of carbonyl (C=O) groups excluding carboxylic acids is 1. The van der Waals surface area contributed by atoms with Crippen LogP contribution in [0.15, 0.2) is 60.9 Å². The standard InChI is InChI=1S/C20H20N4O2/c1-14-9-10-18(26-3)16(11-14)23-20(25)17-12-19(22-13-21-17)24(2)15-7-5-4-6-8-15/h4-13H,1-3H3,(H,23,25). The first-order chi connectivity index (χ1) is 12.6. The molecule has 0 fully saturated rings. The van der Waals surface area contributed by atoms with Crippen LogP contribution in [0.4, 0.5) is 17.2 Å². The predicted octanol–water partition coefficient (Wildman–Crippen LogP) is 3.81. The van der Waals surface area contributed by atoms with Crippen molar-refractivity contribution in [2.24, 2.45) is 0 Å². The minimum Gasteiger partial charge on any atom is -0.495 e. The molecule has 0 aliphatic heterocycles. The van der Waals surface area contributed by atoms with E-state index in [2.05, 4.69) is 15.3 Å². The van der Waals surface area contributed by atoms with Crippen molar-refractivity contribution in [2.45, 2.75) is 6.92 Å². The zero-order valence-corrected chi connectivity index (χ0v) is 14.9. The summed E-state index contributed by atoms with van der Waals surface area (Å²) in [5, 5.41) is 2.85. The lowest BCUT2D eigenvalue weighted by Crippen LogP contribution is -2.17. The van der Waals surface area contributed by atoms with Crippen LogP contribution in [0.25, 0.3) is 0 Å². The van der Waals surface area contributed by atoms with Gasteiger partial charge in [0.1, 0.15) is 23.6 Å². The van der Waals surface area contributed by atoms with Crippen LogP contribution in [0.2, 0.25) is 0 Å². The van der Waals surface area contributed by atoms with Crippen molar-refractivity contribution in [1.82, 2.24) is 9.97 Å². The van der Waals surface area contributed by atoms with Gasteiger partial charge in [0, 0.05) is 18.8 Å². The van der Waals surface area contributed by atoms with Gasteiger partial charge in [-0.3, -0.25) is 4.79 Å². The normalized spacial score (nSPS) is 10.3. The first kappa shape index (κ1) is 17.4. The molecule has 1 heterocycles. The van der Waals surface area contributed by atoms with E-state index in [4.69, 9.17) is 4.74 Å². The molecule has 132 valence electrons. The van der Waals surface area contributed by atoms with Crippen molar-refractivity contribution >= 4 is 23.1 Å². The van der Waals surface area contributed by atoms with E-state index in [1.54, 1.807) is 13.2 Å². The number of benzene rings is 2. The second-order valence-electron chi connectivity index (χ2n) is 5.81. The van der Waals surface area contributed by atoms with Crippen LogP contribution in [0.3, 0.4) is 0 Å². The molecule has 1 amide bonds. The maximum Gasteiger partial charge on any atom is 0.274 e. The second-order valence-corrected chi connectivity index (χ2v) is 5.81. The van der Waals surface area contributed by atoms with Gasteiger partial charge in [0.25, 0.3) is 5.91 Å². The van der Waals surface area contributed by atoms with E-state index in [1.165, 1.54) is 6.33 Å². The number of para-hydroxylation sites is 1. The van der Waals surface area contributed by atoms with Crippen LogP contribution in [-0.4, -0.2) is 30.0 Å². The van der Waals surface area contributed by atoms with E-state index in [9.17, 15) is 4.79 Å². The number of aromatic nitrogens is 2. The molecule has 6 heteroatoms. The number of nitrogens with one attached hydrogen (secondary N) is 1. The van der Waals surface area contributed by atoms with E-state index in [-0.39, 0.29) is 11.6 Å². The highest BCUT2D eigenvalue weighted by Gasteiger charge is 2.14. The quantitative estimate of drug-likeness (QED) is 0.759. The maximum absolute atomic E-state index is 12.6. The molecule has 0 aliphatic rings. The molecule has 1 aromatic heterocycles. The van der Waals surface area contributed by atoms with Gasteiger partial charge in [-0.25, -0.2) is 9.97 Å². The number of hydrogen-bond acceptors (Lipinski definition) is 5. The number of ether oxygens (including phenoxy) is 1. The summed E-state index contributed by atoms with van der Waals surface area (Å²) in [5.41, 5.74) is 2.88. The Morgan fingerprint density at radius 2 is 1.85 bits per heavy atom. The predicted molar refractivity (Wildman–Crippen MR) is 102 cm³/mol. The fourth-order valence-electron chi connectivity index (χ4n) is 2.54. The van der Waals surface area contributed by atoms with E-state index in [0.717, 1.165) is 11.3 Å². The molecule has 0 bridgehead atoms. The first-order valence-corrected chi connectivity index (χ1v) is 8.15. The lowest BCUT2D eigenvalue weighted by atomic mass is 10.2. The number of hydrogen-bond donors (Lipinski definition) is 1. The summed E-state index contributed by atoms with van der Waals surface area (Å²) in [5.74, 6) is 0.909. The topological polar surface area (TPSA) is 67.3 Å². The van der Waals surface area contributed by atoms with Gasteiger partial charge in [-0.15, -0.1) is 0 Å². The first-order valence-electron chi connectivity index (χ1n) is 8.15. The highest BCUT2D eigenvalue weighted by molar-refractivity contribution is 6.04. The average Bonchev–Trinajstić information content (AvgIpc) is 2.68. The summed E-state index contributed by atoms with van der Waals surface area (Å²) in [4.78, 5) is 22.9. The van der Waals surface area contributed by atoms with Crippen molar-refractivity contribution in [3.8, 4) is 5.75 Å². The largest absolute Gasteiger partial charge is 0.495 e. The van der Waals surface area contributed by atoms with E-state index < -0.39 is 0 Å². The van der Waals surface area contributed by atoms with Crippen molar-refractivity contribution in [1.29, 1.82) is 0 Å². The number of methoxy groups -OCH3 is 1. The maximum atomic E-state index is 12.6. The molecule has 2 aromatic carbocycles. The summed E-state index contributed by atoms with van der Waals surface area (Å²) in [7, 11) is 3.46. The molecule has 1 N–H and O–H groups in total. The van der Waals surface area contributed by atoms with Crippen LogP contribution in [-0.2, 0) is 0 Å². The van der Waals surface area contributed by atoms with E-state index >= 15 is 0 Å². The lowest BCUT2D eigenvalue weighted by Gasteiger charge is -2.18. The third kappa shape index (κ3) is 3.80. The van der Waals surface area contributed by atoms with E-state index in [0.29, 0.717) is 17.3 Å². The van der Waals surface area contributed by atoms with Gasteiger partial charge >= 0.3 is 0 Å². The van der Waals surface area contributed by atoms with Gasteiger partial charge in [0.15, 0.2) is 0 Å². The van der Waals surface area contributed by atoms with Gasteiger partial charge in [-0.05, 0) is 36.8 Å². The summed E-state index contributed by atoms with van der Waals surface area (Å²) in [6.45, 7) is 1.95. The molecule has 0 saturated carbocycles. The molecular formula is C20H20N4O2. The summed E-state index contributed by atoms with van der Waals surface area (Å²) >= 11 is 0. The van der Waals surface area contributed by atoms with Gasteiger partial charge < -0.3 is 15.0 Å². The summed E-state index contributed by atoms with van der Waals surface area (Å²) < 4.78 is 5.30. The highest BCUT2D eigenvalue weighted by atomic mass is 16.5. The Balaban J connectivity index is 1.84. The van der Waals surface area contributed by atoms with Crippen LogP contribution in [0.1, 0.15) is 16.1 Å². The fraction of sp³-hybridized carbons (Fsp3) is 0.150. The van der Waals surface area contributed by atoms with Crippen LogP contribution >= 0.6 is 0 Å². The monoisotopic (exact) mass is 348 g/mol. The average molecular weight is 348 g/mol. The Morgan fingerprint density at radius 1 is 1.08 bits per heavy atom. The molecule has 26 heavy (non-hydrogen) atoms. The third-order valence-corrected chi connectivity index (χ3v) is 3.98. The molecule has 3 aromatic rings. The summed E-state index contributed by atoms with van der Waals surface area (Å²) in [6.07, 6.45) is 1.39. The molecule has 0 aliphatic carbocycles. The highest BCUT2D eigenvalue weighted by Crippen LogP contribution is 2.26. The zero-order valence-electron chi connectivity index (χ0n) is 14.9. The zero-order chi connectivity index (χ0) is 18.5. The van der Waals surface area contributed by atoms with Gasteiger partial charge in [-0.2, -0.15) is 0 Å². The number of carbonyl (C=O) groups is 1. The van der Waals surface area contributed by atoms with Gasteiger partial charge in [0.2, 0.25) is 0 Å². The van der Waals surface area contributed by atoms with E-state index in [1.807, 2.05) is 67.4 Å². The van der Waals surface area contributed by atoms with Crippen LogP contribution in [0, 0.1) is 6.92 Å². The third-order valence-electron chi connectivity index (χ3n) is 3.98. The minimum absolute atomic E-state index is 0.279. The molecule has 0 spiro atoms. The molecule has 6 nitrogen and oxygen atoms in total. The van der Waals surface area contributed by atoms with Crippen LogP contribution in [0.5, 0.6) is 5.75 Å². The van der Waals surface area contributed by atoms with Crippen molar-refractivity contribution in [3.05, 3.63) is 72.2 Å². The molecule has 0 radical (unpaired) electrons. The number of anilines is 3. The Hall–Kier alpha value is -3.41. The lowest BCUT2D eigenvalue weighted by molar-refractivity contribution is 0.102. The second kappa shape index (κ2) is 7.65. The Bertz CT molecular complexity index is 913. The van der Waals surface area contributed by atoms with Crippen molar-refractivity contribution in [3.63, 3.8) is 0 Å². The van der Waals surface area contributed by atoms with Gasteiger partial charge in [0.05, 0.1) is 12.8 Å². The SMILES string of the molecule is COc1ccc(C)cc1NC(=O)c1cc(N(C)c2ccccc2)ncn1. The molecule has 3 rings (SSSR count). The Labute approximate surface area is 152 Å². The molecule has 0 unspecified atom stereocenters. The van der Waals surface area contributed by atoms with Crippen molar-refractivity contribution in [2.75, 3.05) is 24.4 Å². The molecule has 0 atom stereocenters. The summed E-state index contributed by atoms with van der Waals surface area (Å²) in [6, 6.07) is 17.0. The van der Waals surface area contributed by atoms with Crippen LogP contribution < -0.4 is 15.0 Å². The number of rotatable bonds is 5. The Kier molecular flexibility index (Phi) is 5.12. The van der Waals surface area contributed by atoms with Crippen molar-refractivity contribution < 1.29 is 9.53 Å². The number of nitrogens with zero attached hydrogens (tertiary/aromatic N) is 3. The minimum atomic E-state index is -0.320.